The van der Waals surface area contributed by atoms with Crippen molar-refractivity contribution in [3.8, 4) is 0 Å². The Morgan fingerprint density at radius 2 is 2.20 bits per heavy atom. The third kappa shape index (κ3) is 2.60. The summed E-state index contributed by atoms with van der Waals surface area (Å²) < 4.78 is 5.30. The van der Waals surface area contributed by atoms with Gasteiger partial charge in [-0.2, -0.15) is 0 Å². The van der Waals surface area contributed by atoms with Crippen molar-refractivity contribution >= 4 is 17.5 Å². The van der Waals surface area contributed by atoms with Gasteiger partial charge in [-0.1, -0.05) is 12.1 Å². The lowest BCUT2D eigenvalue weighted by Gasteiger charge is -2.34. The van der Waals surface area contributed by atoms with Crippen LogP contribution in [0.25, 0.3) is 0 Å². The zero-order chi connectivity index (χ0) is 14.7. The molecular formula is C14H19N3O3. The van der Waals surface area contributed by atoms with Crippen molar-refractivity contribution in [2.24, 2.45) is 0 Å². The number of anilines is 1. The highest BCUT2D eigenvalue weighted by Gasteiger charge is 2.33. The number of benzene rings is 1. The SMILES string of the molecule is CNC(=O)C1COCCN1C(=O)c1c(C)cccc1N. The first kappa shape index (κ1) is 14.3. The van der Waals surface area contributed by atoms with Gasteiger partial charge in [-0.15, -0.1) is 0 Å². The molecule has 6 heteroatoms. The Labute approximate surface area is 117 Å². The van der Waals surface area contributed by atoms with Gasteiger partial charge in [-0.05, 0) is 18.6 Å². The molecule has 1 aliphatic rings. The summed E-state index contributed by atoms with van der Waals surface area (Å²) in [6, 6.07) is 4.71. The minimum absolute atomic E-state index is 0.206. The maximum absolute atomic E-state index is 12.7. The van der Waals surface area contributed by atoms with Crippen LogP contribution in [0.4, 0.5) is 5.69 Å². The summed E-state index contributed by atoms with van der Waals surface area (Å²) in [5.41, 5.74) is 7.60. The molecule has 2 amide bonds. The Morgan fingerprint density at radius 1 is 1.45 bits per heavy atom. The molecule has 0 radical (unpaired) electrons. The van der Waals surface area contributed by atoms with Crippen LogP contribution in [0, 0.1) is 6.92 Å². The molecule has 0 spiro atoms. The van der Waals surface area contributed by atoms with Crippen LogP contribution in [0.5, 0.6) is 0 Å². The van der Waals surface area contributed by atoms with E-state index in [-0.39, 0.29) is 18.4 Å². The van der Waals surface area contributed by atoms with Gasteiger partial charge in [-0.3, -0.25) is 9.59 Å². The minimum atomic E-state index is -0.611. The number of nitrogens with one attached hydrogen (secondary N) is 1. The van der Waals surface area contributed by atoms with E-state index >= 15 is 0 Å². The summed E-state index contributed by atoms with van der Waals surface area (Å²) in [5.74, 6) is -0.456. The number of likely N-dealkylation sites (N-methyl/N-ethyl adjacent to an activating group) is 1. The molecular weight excluding hydrogens is 258 g/mol. The number of rotatable bonds is 2. The predicted molar refractivity (Wildman–Crippen MR) is 75.3 cm³/mol. The molecule has 108 valence electrons. The number of carbonyl (C=O) groups excluding carboxylic acids is 2. The van der Waals surface area contributed by atoms with Crippen molar-refractivity contribution in [2.45, 2.75) is 13.0 Å². The molecule has 1 atom stereocenters. The molecule has 3 N–H and O–H groups in total. The van der Waals surface area contributed by atoms with Gasteiger partial charge in [0, 0.05) is 19.3 Å². The maximum Gasteiger partial charge on any atom is 0.257 e. The number of carbonyl (C=O) groups is 2. The molecule has 1 aromatic carbocycles. The van der Waals surface area contributed by atoms with Gasteiger partial charge in [-0.25, -0.2) is 0 Å². The van der Waals surface area contributed by atoms with Gasteiger partial charge in [0.25, 0.3) is 5.91 Å². The van der Waals surface area contributed by atoms with Gasteiger partial charge in [0.2, 0.25) is 5.91 Å². The van der Waals surface area contributed by atoms with Crippen LogP contribution in [0.2, 0.25) is 0 Å². The van der Waals surface area contributed by atoms with Crippen molar-refractivity contribution < 1.29 is 14.3 Å². The molecule has 1 heterocycles. The van der Waals surface area contributed by atoms with Gasteiger partial charge in [0.05, 0.1) is 18.8 Å². The highest BCUT2D eigenvalue weighted by Crippen LogP contribution is 2.21. The Hall–Kier alpha value is -2.08. The Kier molecular flexibility index (Phi) is 4.24. The number of aryl methyl sites for hydroxylation is 1. The lowest BCUT2D eigenvalue weighted by atomic mass is 10.0. The number of hydrogen-bond donors (Lipinski definition) is 2. The molecule has 0 aromatic heterocycles. The fourth-order valence-electron chi connectivity index (χ4n) is 2.36. The van der Waals surface area contributed by atoms with E-state index in [1.165, 1.54) is 4.90 Å². The molecule has 1 saturated heterocycles. The number of ether oxygens (including phenoxy) is 1. The highest BCUT2D eigenvalue weighted by molar-refractivity contribution is 6.02. The molecule has 20 heavy (non-hydrogen) atoms. The number of nitrogens with zero attached hydrogens (tertiary/aromatic N) is 1. The molecule has 0 saturated carbocycles. The molecule has 6 nitrogen and oxygen atoms in total. The van der Waals surface area contributed by atoms with Gasteiger partial charge < -0.3 is 20.7 Å². The summed E-state index contributed by atoms with van der Waals surface area (Å²) in [6.07, 6.45) is 0. The van der Waals surface area contributed by atoms with E-state index in [0.717, 1.165) is 5.56 Å². The van der Waals surface area contributed by atoms with Crippen molar-refractivity contribution in [2.75, 3.05) is 32.5 Å². The average molecular weight is 277 g/mol. The summed E-state index contributed by atoms with van der Waals surface area (Å²) in [7, 11) is 1.54. The lowest BCUT2D eigenvalue weighted by Crippen LogP contribution is -2.55. The largest absolute Gasteiger partial charge is 0.398 e. The fraction of sp³-hybridized carbons (Fsp3) is 0.429. The summed E-state index contributed by atoms with van der Waals surface area (Å²) in [6.45, 7) is 2.84. The molecule has 0 aliphatic carbocycles. The van der Waals surface area contributed by atoms with E-state index in [0.29, 0.717) is 24.4 Å². The van der Waals surface area contributed by atoms with E-state index in [1.807, 2.05) is 13.0 Å². The van der Waals surface area contributed by atoms with Crippen LogP contribution < -0.4 is 11.1 Å². The fourth-order valence-corrected chi connectivity index (χ4v) is 2.36. The molecule has 2 rings (SSSR count). The number of hydrogen-bond acceptors (Lipinski definition) is 4. The van der Waals surface area contributed by atoms with Crippen LogP contribution >= 0.6 is 0 Å². The van der Waals surface area contributed by atoms with Crippen molar-refractivity contribution in [3.63, 3.8) is 0 Å². The van der Waals surface area contributed by atoms with E-state index in [9.17, 15) is 9.59 Å². The molecule has 0 bridgehead atoms. The molecule has 1 unspecified atom stereocenters. The summed E-state index contributed by atoms with van der Waals surface area (Å²) in [5, 5.41) is 2.56. The highest BCUT2D eigenvalue weighted by atomic mass is 16.5. The summed E-state index contributed by atoms with van der Waals surface area (Å²) >= 11 is 0. The first-order chi connectivity index (χ1) is 9.56. The zero-order valence-electron chi connectivity index (χ0n) is 11.7. The van der Waals surface area contributed by atoms with E-state index < -0.39 is 6.04 Å². The standard InChI is InChI=1S/C14H19N3O3/c1-9-4-3-5-10(15)12(9)14(19)17-6-7-20-8-11(17)13(18)16-2/h3-5,11H,6-8,15H2,1-2H3,(H,16,18). The van der Waals surface area contributed by atoms with Crippen LogP contribution in [0.3, 0.4) is 0 Å². The smallest absolute Gasteiger partial charge is 0.257 e. The van der Waals surface area contributed by atoms with Gasteiger partial charge in [0.1, 0.15) is 6.04 Å². The zero-order valence-corrected chi connectivity index (χ0v) is 11.7. The van der Waals surface area contributed by atoms with Gasteiger partial charge in [0.15, 0.2) is 0 Å². The average Bonchev–Trinajstić information content (AvgIpc) is 2.46. The van der Waals surface area contributed by atoms with Crippen LogP contribution in [0.15, 0.2) is 18.2 Å². The normalized spacial score (nSPS) is 18.7. The Bertz CT molecular complexity index is 510. The molecule has 1 fully saturated rings. The third-order valence-electron chi connectivity index (χ3n) is 3.46. The number of amides is 2. The summed E-state index contributed by atoms with van der Waals surface area (Å²) in [4.78, 5) is 26.1. The number of morpholine rings is 1. The molecule has 1 aromatic rings. The van der Waals surface area contributed by atoms with Crippen LogP contribution in [-0.2, 0) is 9.53 Å². The quantitative estimate of drug-likeness (QED) is 0.754. The second kappa shape index (κ2) is 5.92. The van der Waals surface area contributed by atoms with Crippen molar-refractivity contribution in [1.29, 1.82) is 0 Å². The van der Waals surface area contributed by atoms with Crippen molar-refractivity contribution in [1.82, 2.24) is 10.2 Å². The number of nitrogens with two attached hydrogens (primary N) is 1. The number of nitrogen functional groups attached to an aromatic ring is 1. The Balaban J connectivity index is 2.33. The first-order valence-corrected chi connectivity index (χ1v) is 6.51. The second-order valence-corrected chi connectivity index (χ2v) is 4.74. The monoisotopic (exact) mass is 277 g/mol. The lowest BCUT2D eigenvalue weighted by molar-refractivity contribution is -0.130. The predicted octanol–water partition coefficient (Wildman–Crippen LogP) is 0.164. The van der Waals surface area contributed by atoms with Crippen LogP contribution in [-0.4, -0.2) is 49.6 Å². The van der Waals surface area contributed by atoms with E-state index in [2.05, 4.69) is 5.32 Å². The second-order valence-electron chi connectivity index (χ2n) is 4.74. The van der Waals surface area contributed by atoms with Gasteiger partial charge >= 0.3 is 0 Å². The Morgan fingerprint density at radius 3 is 2.85 bits per heavy atom. The van der Waals surface area contributed by atoms with E-state index in [1.54, 1.807) is 19.2 Å². The maximum atomic E-state index is 12.7. The first-order valence-electron chi connectivity index (χ1n) is 6.51. The van der Waals surface area contributed by atoms with E-state index in [4.69, 9.17) is 10.5 Å². The third-order valence-corrected chi connectivity index (χ3v) is 3.46. The minimum Gasteiger partial charge on any atom is -0.398 e. The topological polar surface area (TPSA) is 84.7 Å². The molecule has 1 aliphatic heterocycles. The van der Waals surface area contributed by atoms with Crippen molar-refractivity contribution in [3.05, 3.63) is 29.3 Å². The van der Waals surface area contributed by atoms with Crippen LogP contribution in [0.1, 0.15) is 15.9 Å².